The summed E-state index contributed by atoms with van der Waals surface area (Å²) in [6, 6.07) is 5.26. The third kappa shape index (κ3) is 5.35. The fourth-order valence-corrected chi connectivity index (χ4v) is 2.35. The lowest BCUT2D eigenvalue weighted by atomic mass is 9.79. The Morgan fingerprint density at radius 1 is 1.05 bits per heavy atom. The van der Waals surface area contributed by atoms with Crippen LogP contribution in [0.15, 0.2) is 24.3 Å². The summed E-state index contributed by atoms with van der Waals surface area (Å²) in [6.07, 6.45) is -2.83. The third-order valence-corrected chi connectivity index (χ3v) is 4.16. The summed E-state index contributed by atoms with van der Waals surface area (Å²) < 4.78 is 37.4. The van der Waals surface area contributed by atoms with Gasteiger partial charge in [0.25, 0.3) is 0 Å². The standard InChI is InChI=1S/C16H22ClF3/c1-11(15(2,3)4)9-14(17)10-12-5-7-13(8-6-12)16(18,19)20/h5-8,11,14H,9-10H2,1-4H3. The molecule has 4 heteroatoms. The molecule has 0 spiro atoms. The zero-order valence-corrected chi connectivity index (χ0v) is 13.1. The van der Waals surface area contributed by atoms with Crippen LogP contribution in [0.25, 0.3) is 0 Å². The Morgan fingerprint density at radius 3 is 1.95 bits per heavy atom. The zero-order valence-electron chi connectivity index (χ0n) is 12.4. The van der Waals surface area contributed by atoms with Gasteiger partial charge in [-0.05, 0) is 41.9 Å². The van der Waals surface area contributed by atoms with Crippen LogP contribution in [0.1, 0.15) is 45.2 Å². The molecule has 0 bridgehead atoms. The molecule has 0 radical (unpaired) electrons. The maximum Gasteiger partial charge on any atom is 0.416 e. The van der Waals surface area contributed by atoms with Crippen molar-refractivity contribution < 1.29 is 13.2 Å². The van der Waals surface area contributed by atoms with Crippen molar-refractivity contribution >= 4 is 11.6 Å². The van der Waals surface area contributed by atoms with Gasteiger partial charge in [0.15, 0.2) is 0 Å². The third-order valence-electron chi connectivity index (χ3n) is 3.83. The SMILES string of the molecule is CC(CC(Cl)Cc1ccc(C(F)(F)F)cc1)C(C)(C)C. The predicted molar refractivity (Wildman–Crippen MR) is 78.0 cm³/mol. The molecule has 1 aromatic rings. The van der Waals surface area contributed by atoms with Crippen LogP contribution >= 0.6 is 11.6 Å². The Bertz CT molecular complexity index is 415. The molecule has 0 aliphatic carbocycles. The monoisotopic (exact) mass is 306 g/mol. The molecule has 0 saturated carbocycles. The highest BCUT2D eigenvalue weighted by Crippen LogP contribution is 2.32. The minimum atomic E-state index is -4.28. The van der Waals surface area contributed by atoms with Gasteiger partial charge in [-0.15, -0.1) is 11.6 Å². The van der Waals surface area contributed by atoms with Crippen molar-refractivity contribution in [1.29, 1.82) is 0 Å². The summed E-state index contributed by atoms with van der Waals surface area (Å²) >= 11 is 6.32. The molecule has 2 unspecified atom stereocenters. The van der Waals surface area contributed by atoms with Crippen molar-refractivity contribution in [3.05, 3.63) is 35.4 Å². The van der Waals surface area contributed by atoms with Crippen molar-refractivity contribution in [3.63, 3.8) is 0 Å². The molecule has 1 rings (SSSR count). The van der Waals surface area contributed by atoms with Crippen LogP contribution in [0, 0.1) is 11.3 Å². The normalized spacial score (nSPS) is 16.0. The van der Waals surface area contributed by atoms with Gasteiger partial charge in [0, 0.05) is 5.38 Å². The Hall–Kier alpha value is -0.700. The molecule has 114 valence electrons. The lowest BCUT2D eigenvalue weighted by Crippen LogP contribution is -2.21. The topological polar surface area (TPSA) is 0 Å². The number of hydrogen-bond donors (Lipinski definition) is 0. The average molecular weight is 307 g/mol. The van der Waals surface area contributed by atoms with E-state index in [2.05, 4.69) is 27.7 Å². The number of benzene rings is 1. The van der Waals surface area contributed by atoms with E-state index in [1.165, 1.54) is 12.1 Å². The van der Waals surface area contributed by atoms with Gasteiger partial charge in [0.2, 0.25) is 0 Å². The summed E-state index contributed by atoms with van der Waals surface area (Å²) in [7, 11) is 0. The first kappa shape index (κ1) is 17.4. The molecule has 0 saturated heterocycles. The zero-order chi connectivity index (χ0) is 15.6. The van der Waals surface area contributed by atoms with Crippen molar-refractivity contribution in [2.45, 2.75) is 52.1 Å². The summed E-state index contributed by atoms with van der Waals surface area (Å²) in [5, 5.41) is -0.0547. The van der Waals surface area contributed by atoms with E-state index in [1.807, 2.05) is 0 Å². The number of alkyl halides is 4. The molecule has 1 aromatic carbocycles. The van der Waals surface area contributed by atoms with E-state index in [-0.39, 0.29) is 10.8 Å². The molecule has 0 heterocycles. The minimum Gasteiger partial charge on any atom is -0.166 e. The van der Waals surface area contributed by atoms with Crippen molar-refractivity contribution in [1.82, 2.24) is 0 Å². The Balaban J connectivity index is 2.61. The van der Waals surface area contributed by atoms with Crippen molar-refractivity contribution in [2.75, 3.05) is 0 Å². The van der Waals surface area contributed by atoms with Crippen LogP contribution < -0.4 is 0 Å². The van der Waals surface area contributed by atoms with Crippen molar-refractivity contribution in [2.24, 2.45) is 11.3 Å². The first-order chi connectivity index (χ1) is 9.00. The van der Waals surface area contributed by atoms with Crippen LogP contribution in [-0.2, 0) is 12.6 Å². The second-order valence-corrected chi connectivity index (χ2v) is 7.12. The lowest BCUT2D eigenvalue weighted by Gasteiger charge is -2.29. The first-order valence-corrected chi connectivity index (χ1v) is 7.24. The van der Waals surface area contributed by atoms with Crippen LogP contribution in [0.5, 0.6) is 0 Å². The van der Waals surface area contributed by atoms with E-state index < -0.39 is 11.7 Å². The van der Waals surface area contributed by atoms with Gasteiger partial charge in [0.1, 0.15) is 0 Å². The molecule has 20 heavy (non-hydrogen) atoms. The average Bonchev–Trinajstić information content (AvgIpc) is 2.26. The number of rotatable bonds is 4. The summed E-state index contributed by atoms with van der Waals surface area (Å²) in [5.41, 5.74) is 0.419. The molecular formula is C16H22ClF3. The number of halogens is 4. The van der Waals surface area contributed by atoms with E-state index in [9.17, 15) is 13.2 Å². The van der Waals surface area contributed by atoms with Gasteiger partial charge in [0.05, 0.1) is 5.56 Å². The molecule has 0 N–H and O–H groups in total. The number of hydrogen-bond acceptors (Lipinski definition) is 0. The molecule has 0 aliphatic rings. The fourth-order valence-electron chi connectivity index (χ4n) is 1.91. The highest BCUT2D eigenvalue weighted by Gasteiger charge is 2.30. The summed E-state index contributed by atoms with van der Waals surface area (Å²) in [5.74, 6) is 0.458. The Labute approximate surface area is 124 Å². The quantitative estimate of drug-likeness (QED) is 0.605. The molecule has 2 atom stereocenters. The van der Waals surface area contributed by atoms with Crippen LogP contribution in [-0.4, -0.2) is 5.38 Å². The fraction of sp³-hybridized carbons (Fsp3) is 0.625. The van der Waals surface area contributed by atoms with Gasteiger partial charge >= 0.3 is 6.18 Å². The summed E-state index contributed by atoms with van der Waals surface area (Å²) in [6.45, 7) is 8.65. The van der Waals surface area contributed by atoms with Crippen LogP contribution in [0.4, 0.5) is 13.2 Å². The van der Waals surface area contributed by atoms with E-state index in [1.54, 1.807) is 0 Å². The molecule has 0 nitrogen and oxygen atoms in total. The summed E-state index contributed by atoms with van der Waals surface area (Å²) in [4.78, 5) is 0. The van der Waals surface area contributed by atoms with E-state index in [0.29, 0.717) is 12.3 Å². The molecular weight excluding hydrogens is 285 g/mol. The highest BCUT2D eigenvalue weighted by molar-refractivity contribution is 6.20. The van der Waals surface area contributed by atoms with Crippen LogP contribution in [0.2, 0.25) is 0 Å². The van der Waals surface area contributed by atoms with Gasteiger partial charge in [-0.1, -0.05) is 39.8 Å². The van der Waals surface area contributed by atoms with Gasteiger partial charge in [-0.25, -0.2) is 0 Å². The Kier molecular flexibility index (Phi) is 5.54. The largest absolute Gasteiger partial charge is 0.416 e. The Morgan fingerprint density at radius 2 is 1.55 bits per heavy atom. The smallest absolute Gasteiger partial charge is 0.166 e. The van der Waals surface area contributed by atoms with Crippen molar-refractivity contribution in [3.8, 4) is 0 Å². The highest BCUT2D eigenvalue weighted by atomic mass is 35.5. The molecule has 0 fully saturated rings. The first-order valence-electron chi connectivity index (χ1n) is 6.80. The molecule has 0 aromatic heterocycles. The van der Waals surface area contributed by atoms with Crippen LogP contribution in [0.3, 0.4) is 0 Å². The van der Waals surface area contributed by atoms with Gasteiger partial charge in [-0.3, -0.25) is 0 Å². The predicted octanol–water partition coefficient (Wildman–Crippen LogP) is 5.93. The molecule has 0 aliphatic heterocycles. The minimum absolute atomic E-state index is 0.0547. The van der Waals surface area contributed by atoms with E-state index in [0.717, 1.165) is 24.1 Å². The van der Waals surface area contributed by atoms with E-state index in [4.69, 9.17) is 11.6 Å². The second-order valence-electron chi connectivity index (χ2n) is 6.50. The van der Waals surface area contributed by atoms with E-state index >= 15 is 0 Å². The second kappa shape index (κ2) is 6.38. The lowest BCUT2D eigenvalue weighted by molar-refractivity contribution is -0.137. The van der Waals surface area contributed by atoms with Gasteiger partial charge in [-0.2, -0.15) is 13.2 Å². The maximum absolute atomic E-state index is 12.5. The molecule has 0 amide bonds. The maximum atomic E-state index is 12.5. The van der Waals surface area contributed by atoms with Gasteiger partial charge < -0.3 is 0 Å².